The van der Waals surface area contributed by atoms with Crippen molar-refractivity contribution in [2.24, 2.45) is 0 Å². The van der Waals surface area contributed by atoms with E-state index in [1.807, 2.05) is 30.3 Å². The van der Waals surface area contributed by atoms with Gasteiger partial charge in [-0.25, -0.2) is 4.68 Å². The summed E-state index contributed by atoms with van der Waals surface area (Å²) < 4.78 is 7.06. The van der Waals surface area contributed by atoms with Crippen LogP contribution in [0.25, 0.3) is 5.69 Å². The number of hydrogen-bond donors (Lipinski definition) is 1. The number of ether oxygens (including phenoxy) is 1. The molecular formula is C17H22N4O2. The summed E-state index contributed by atoms with van der Waals surface area (Å²) >= 11 is 0. The van der Waals surface area contributed by atoms with E-state index in [0.717, 1.165) is 32.0 Å². The summed E-state index contributed by atoms with van der Waals surface area (Å²) in [5, 5.41) is 7.31. The molecule has 0 saturated carbocycles. The average molecular weight is 314 g/mol. The number of hydrogen-bond acceptors (Lipinski definition) is 4. The molecule has 1 saturated heterocycles. The van der Waals surface area contributed by atoms with Gasteiger partial charge in [-0.05, 0) is 25.1 Å². The van der Waals surface area contributed by atoms with E-state index in [2.05, 4.69) is 22.2 Å². The lowest BCUT2D eigenvalue weighted by molar-refractivity contribution is 0.0204. The molecule has 0 aliphatic carbocycles. The maximum atomic E-state index is 12.2. The van der Waals surface area contributed by atoms with Crippen LogP contribution in [0.2, 0.25) is 0 Å². The van der Waals surface area contributed by atoms with Crippen molar-refractivity contribution in [1.29, 1.82) is 0 Å². The van der Waals surface area contributed by atoms with Gasteiger partial charge in [-0.3, -0.25) is 9.69 Å². The number of morpholine rings is 1. The molecule has 23 heavy (non-hydrogen) atoms. The Bertz CT molecular complexity index is 635. The highest BCUT2D eigenvalue weighted by molar-refractivity contribution is 5.92. The van der Waals surface area contributed by atoms with Crippen molar-refractivity contribution in [3.8, 4) is 5.69 Å². The zero-order chi connectivity index (χ0) is 16.1. The molecule has 3 rings (SSSR count). The van der Waals surface area contributed by atoms with E-state index in [-0.39, 0.29) is 5.91 Å². The number of para-hydroxylation sites is 1. The molecule has 0 bridgehead atoms. The van der Waals surface area contributed by atoms with Crippen LogP contribution in [0, 0.1) is 0 Å². The smallest absolute Gasteiger partial charge is 0.271 e. The van der Waals surface area contributed by atoms with Gasteiger partial charge in [-0.15, -0.1) is 0 Å². The maximum Gasteiger partial charge on any atom is 0.271 e. The largest absolute Gasteiger partial charge is 0.379 e. The number of rotatable bonds is 5. The Hall–Kier alpha value is -2.18. The molecular weight excluding hydrogens is 292 g/mol. The molecule has 0 radical (unpaired) electrons. The van der Waals surface area contributed by atoms with Crippen LogP contribution in [0.1, 0.15) is 17.4 Å². The van der Waals surface area contributed by atoms with Crippen LogP contribution in [0.3, 0.4) is 0 Å². The number of aromatic nitrogens is 2. The number of nitrogens with one attached hydrogen (secondary N) is 1. The molecule has 122 valence electrons. The van der Waals surface area contributed by atoms with Crippen molar-refractivity contribution in [2.45, 2.75) is 13.0 Å². The minimum absolute atomic E-state index is 0.139. The van der Waals surface area contributed by atoms with Gasteiger partial charge >= 0.3 is 0 Å². The van der Waals surface area contributed by atoms with Crippen LogP contribution < -0.4 is 5.32 Å². The quantitative estimate of drug-likeness (QED) is 0.904. The van der Waals surface area contributed by atoms with E-state index in [0.29, 0.717) is 18.3 Å². The van der Waals surface area contributed by atoms with Crippen LogP contribution in [0.15, 0.2) is 42.6 Å². The lowest BCUT2D eigenvalue weighted by atomic mass is 10.2. The number of carbonyl (C=O) groups excluding carboxylic acids is 1. The fourth-order valence-electron chi connectivity index (χ4n) is 2.65. The van der Waals surface area contributed by atoms with E-state index >= 15 is 0 Å². The SMILES string of the molecule is C[C@@H](CNC(=O)c1ccn(-c2ccccc2)n1)N1CCOCC1. The van der Waals surface area contributed by atoms with Crippen molar-refractivity contribution in [3.05, 3.63) is 48.3 Å². The lowest BCUT2D eigenvalue weighted by Crippen LogP contribution is -2.47. The van der Waals surface area contributed by atoms with E-state index in [9.17, 15) is 4.79 Å². The van der Waals surface area contributed by atoms with E-state index in [1.165, 1.54) is 0 Å². The molecule has 2 aromatic rings. The summed E-state index contributed by atoms with van der Waals surface area (Å²) in [6.07, 6.45) is 1.80. The van der Waals surface area contributed by atoms with Gasteiger partial charge in [0.25, 0.3) is 5.91 Å². The molecule has 1 aliphatic heterocycles. The molecule has 1 atom stereocenters. The minimum atomic E-state index is -0.139. The Morgan fingerprint density at radius 2 is 2.00 bits per heavy atom. The van der Waals surface area contributed by atoms with Crippen LogP contribution >= 0.6 is 0 Å². The van der Waals surface area contributed by atoms with Crippen molar-refractivity contribution in [2.75, 3.05) is 32.8 Å². The zero-order valence-electron chi connectivity index (χ0n) is 13.3. The third kappa shape index (κ3) is 3.97. The molecule has 1 N–H and O–H groups in total. The fraction of sp³-hybridized carbons (Fsp3) is 0.412. The van der Waals surface area contributed by atoms with Crippen LogP contribution in [-0.2, 0) is 4.74 Å². The summed E-state index contributed by atoms with van der Waals surface area (Å²) in [6.45, 7) is 6.09. The van der Waals surface area contributed by atoms with Crippen LogP contribution in [-0.4, -0.2) is 59.5 Å². The van der Waals surface area contributed by atoms with Crippen LogP contribution in [0.5, 0.6) is 0 Å². The lowest BCUT2D eigenvalue weighted by Gasteiger charge is -2.32. The monoisotopic (exact) mass is 314 g/mol. The molecule has 1 aromatic carbocycles. The normalized spacial score (nSPS) is 16.9. The van der Waals surface area contributed by atoms with Crippen molar-refractivity contribution in [1.82, 2.24) is 20.0 Å². The molecule has 1 amide bonds. The second kappa shape index (κ2) is 7.39. The number of benzene rings is 1. The van der Waals surface area contributed by atoms with Gasteiger partial charge in [-0.2, -0.15) is 5.10 Å². The Morgan fingerprint density at radius 1 is 1.26 bits per heavy atom. The number of amides is 1. The van der Waals surface area contributed by atoms with Gasteiger partial charge in [0.1, 0.15) is 0 Å². The summed E-state index contributed by atoms with van der Waals surface area (Å²) in [5.41, 5.74) is 1.37. The van der Waals surface area contributed by atoms with Crippen molar-refractivity contribution < 1.29 is 9.53 Å². The Kier molecular flexibility index (Phi) is 5.05. The Morgan fingerprint density at radius 3 is 2.74 bits per heavy atom. The highest BCUT2D eigenvalue weighted by atomic mass is 16.5. The number of carbonyl (C=O) groups is 1. The minimum Gasteiger partial charge on any atom is -0.379 e. The van der Waals surface area contributed by atoms with Gasteiger partial charge in [-0.1, -0.05) is 18.2 Å². The molecule has 0 unspecified atom stereocenters. The highest BCUT2D eigenvalue weighted by Crippen LogP contribution is 2.07. The summed E-state index contributed by atoms with van der Waals surface area (Å²) in [5.74, 6) is -0.139. The first-order chi connectivity index (χ1) is 11.2. The molecule has 2 heterocycles. The van der Waals surface area contributed by atoms with Crippen molar-refractivity contribution >= 4 is 5.91 Å². The third-order valence-corrected chi connectivity index (χ3v) is 4.07. The first-order valence-electron chi connectivity index (χ1n) is 7.95. The van der Waals surface area contributed by atoms with Gasteiger partial charge in [0, 0.05) is 31.9 Å². The number of nitrogens with zero attached hydrogens (tertiary/aromatic N) is 3. The standard InChI is InChI=1S/C17H22N4O2/c1-14(20-9-11-23-12-10-20)13-18-17(22)16-7-8-21(19-16)15-5-3-2-4-6-15/h2-8,14H,9-13H2,1H3,(H,18,22)/t14-/m0/s1. The summed E-state index contributed by atoms with van der Waals surface area (Å²) in [7, 11) is 0. The van der Waals surface area contributed by atoms with Gasteiger partial charge in [0.15, 0.2) is 5.69 Å². The van der Waals surface area contributed by atoms with Gasteiger partial charge in [0.2, 0.25) is 0 Å². The molecule has 6 heteroatoms. The zero-order valence-corrected chi connectivity index (χ0v) is 13.3. The summed E-state index contributed by atoms with van der Waals surface area (Å²) in [6, 6.07) is 11.8. The second-order valence-electron chi connectivity index (χ2n) is 5.69. The Labute approximate surface area is 136 Å². The van der Waals surface area contributed by atoms with Gasteiger partial charge < -0.3 is 10.1 Å². The molecule has 6 nitrogen and oxygen atoms in total. The molecule has 0 spiro atoms. The molecule has 1 aliphatic rings. The Balaban J connectivity index is 1.55. The van der Waals surface area contributed by atoms with E-state index in [4.69, 9.17) is 4.74 Å². The highest BCUT2D eigenvalue weighted by Gasteiger charge is 2.18. The maximum absolute atomic E-state index is 12.2. The topological polar surface area (TPSA) is 59.4 Å². The third-order valence-electron chi connectivity index (χ3n) is 4.07. The van der Waals surface area contributed by atoms with Gasteiger partial charge in [0.05, 0.1) is 18.9 Å². The van der Waals surface area contributed by atoms with E-state index in [1.54, 1.807) is 16.9 Å². The van der Waals surface area contributed by atoms with Crippen LogP contribution in [0.4, 0.5) is 0 Å². The molecule has 1 aromatic heterocycles. The van der Waals surface area contributed by atoms with Crippen molar-refractivity contribution in [3.63, 3.8) is 0 Å². The predicted molar refractivity (Wildman–Crippen MR) is 87.8 cm³/mol. The first kappa shape index (κ1) is 15.7. The average Bonchev–Trinajstić information content (AvgIpc) is 3.11. The fourth-order valence-corrected chi connectivity index (χ4v) is 2.65. The predicted octanol–water partition coefficient (Wildman–Crippen LogP) is 1.32. The molecule has 1 fully saturated rings. The second-order valence-corrected chi connectivity index (χ2v) is 5.69. The first-order valence-corrected chi connectivity index (χ1v) is 7.95. The van der Waals surface area contributed by atoms with E-state index < -0.39 is 0 Å². The summed E-state index contributed by atoms with van der Waals surface area (Å²) in [4.78, 5) is 14.6.